The topological polar surface area (TPSA) is 54.9 Å². The number of ether oxygens (including phenoxy) is 2. The van der Waals surface area contributed by atoms with E-state index in [1.54, 1.807) is 9.80 Å². The van der Waals surface area contributed by atoms with Gasteiger partial charge >= 0.3 is 12.8 Å². The normalized spacial score (nSPS) is 14.8. The number of pyridine rings is 1. The van der Waals surface area contributed by atoms with E-state index in [4.69, 9.17) is 4.74 Å². The van der Waals surface area contributed by atoms with Crippen LogP contribution in [0.2, 0.25) is 0 Å². The SMILES string of the molecule is COc1cc(/C=C/C(=O)N2CCN(c3ccc(C(F)(F)F)cn3)CC2)ccc1OC(F)F. The van der Waals surface area contributed by atoms with Crippen molar-refractivity contribution in [2.24, 2.45) is 0 Å². The van der Waals surface area contributed by atoms with E-state index in [0.29, 0.717) is 37.6 Å². The Labute approximate surface area is 180 Å². The summed E-state index contributed by atoms with van der Waals surface area (Å²) in [5.74, 6) is 0.160. The summed E-state index contributed by atoms with van der Waals surface area (Å²) in [6.45, 7) is -1.40. The monoisotopic (exact) mass is 457 g/mol. The summed E-state index contributed by atoms with van der Waals surface area (Å²) in [6.07, 6.45) is -0.764. The van der Waals surface area contributed by atoms with Gasteiger partial charge in [0.15, 0.2) is 11.5 Å². The number of amides is 1. The molecule has 11 heteroatoms. The van der Waals surface area contributed by atoms with Crippen molar-refractivity contribution in [2.75, 3.05) is 38.2 Å². The number of methoxy groups -OCH3 is 1. The third kappa shape index (κ3) is 5.86. The molecule has 32 heavy (non-hydrogen) atoms. The van der Waals surface area contributed by atoms with Crippen LogP contribution in [0.5, 0.6) is 11.5 Å². The molecule has 2 heterocycles. The highest BCUT2D eigenvalue weighted by molar-refractivity contribution is 5.92. The Bertz CT molecular complexity index is 956. The number of nitrogens with zero attached hydrogens (tertiary/aromatic N) is 3. The van der Waals surface area contributed by atoms with Crippen LogP contribution in [0.25, 0.3) is 6.08 Å². The molecule has 1 amide bonds. The van der Waals surface area contributed by atoms with Gasteiger partial charge in [0.05, 0.1) is 12.7 Å². The van der Waals surface area contributed by atoms with Gasteiger partial charge in [-0.25, -0.2) is 4.98 Å². The third-order valence-corrected chi connectivity index (χ3v) is 4.81. The van der Waals surface area contributed by atoms with Crippen molar-refractivity contribution in [3.8, 4) is 11.5 Å². The average Bonchev–Trinajstić information content (AvgIpc) is 2.77. The van der Waals surface area contributed by atoms with Gasteiger partial charge in [-0.2, -0.15) is 22.0 Å². The first-order chi connectivity index (χ1) is 15.2. The lowest BCUT2D eigenvalue weighted by molar-refractivity contribution is -0.137. The number of benzene rings is 1. The lowest BCUT2D eigenvalue weighted by atomic mass is 10.2. The minimum absolute atomic E-state index is 0.109. The lowest BCUT2D eigenvalue weighted by Gasteiger charge is -2.35. The summed E-state index contributed by atoms with van der Waals surface area (Å²) in [5, 5.41) is 0. The molecule has 0 saturated carbocycles. The molecule has 0 atom stereocenters. The minimum atomic E-state index is -4.44. The number of aromatic nitrogens is 1. The maximum absolute atomic E-state index is 12.7. The van der Waals surface area contributed by atoms with E-state index in [1.807, 2.05) is 0 Å². The summed E-state index contributed by atoms with van der Waals surface area (Å²) in [7, 11) is 1.32. The highest BCUT2D eigenvalue weighted by atomic mass is 19.4. The molecule has 1 aromatic heterocycles. The number of hydrogen-bond donors (Lipinski definition) is 0. The second-order valence-corrected chi connectivity index (χ2v) is 6.84. The number of hydrogen-bond acceptors (Lipinski definition) is 5. The van der Waals surface area contributed by atoms with Crippen molar-refractivity contribution in [2.45, 2.75) is 12.8 Å². The molecule has 172 valence electrons. The Kier molecular flexibility index (Phi) is 7.16. The van der Waals surface area contributed by atoms with Crippen LogP contribution in [0, 0.1) is 0 Å². The second-order valence-electron chi connectivity index (χ2n) is 6.84. The molecular weight excluding hydrogens is 437 g/mol. The summed E-state index contributed by atoms with van der Waals surface area (Å²) in [4.78, 5) is 19.7. The number of piperazine rings is 1. The van der Waals surface area contributed by atoms with Gasteiger partial charge in [-0.15, -0.1) is 0 Å². The van der Waals surface area contributed by atoms with Crippen LogP contribution in [0.15, 0.2) is 42.6 Å². The van der Waals surface area contributed by atoms with E-state index in [9.17, 15) is 26.7 Å². The van der Waals surface area contributed by atoms with Crippen LogP contribution in [0.1, 0.15) is 11.1 Å². The second kappa shape index (κ2) is 9.84. The number of carbonyl (C=O) groups excluding carboxylic acids is 1. The Morgan fingerprint density at radius 2 is 1.81 bits per heavy atom. The van der Waals surface area contributed by atoms with Gasteiger partial charge in [-0.1, -0.05) is 6.07 Å². The van der Waals surface area contributed by atoms with E-state index >= 15 is 0 Å². The number of rotatable bonds is 6. The van der Waals surface area contributed by atoms with Crippen molar-refractivity contribution in [3.63, 3.8) is 0 Å². The van der Waals surface area contributed by atoms with E-state index in [-0.39, 0.29) is 17.4 Å². The van der Waals surface area contributed by atoms with Crippen LogP contribution >= 0.6 is 0 Å². The Morgan fingerprint density at radius 3 is 2.38 bits per heavy atom. The molecule has 1 aromatic carbocycles. The third-order valence-electron chi connectivity index (χ3n) is 4.81. The van der Waals surface area contributed by atoms with Crippen LogP contribution in [-0.2, 0) is 11.0 Å². The largest absolute Gasteiger partial charge is 0.493 e. The number of halogens is 5. The molecule has 6 nitrogen and oxygen atoms in total. The molecule has 1 saturated heterocycles. The van der Waals surface area contributed by atoms with Crippen molar-refractivity contribution in [1.29, 1.82) is 0 Å². The fourth-order valence-electron chi connectivity index (χ4n) is 3.15. The zero-order chi connectivity index (χ0) is 23.3. The van der Waals surface area contributed by atoms with Gasteiger partial charge in [0.2, 0.25) is 5.91 Å². The molecule has 0 radical (unpaired) electrons. The first-order valence-electron chi connectivity index (χ1n) is 9.55. The van der Waals surface area contributed by atoms with Crippen LogP contribution in [0.3, 0.4) is 0 Å². The summed E-state index contributed by atoms with van der Waals surface area (Å²) < 4.78 is 72.2. The standard InChI is InChI=1S/C21H20F5N3O3/c1-31-17-12-14(2-5-16(17)32-20(22)23)3-7-19(30)29-10-8-28(9-11-29)18-6-4-15(13-27-18)21(24,25)26/h2-7,12-13,20H,8-11H2,1H3/b7-3+. The Hall–Kier alpha value is -3.37. The van der Waals surface area contributed by atoms with E-state index in [1.165, 1.54) is 43.5 Å². The number of anilines is 1. The first-order valence-corrected chi connectivity index (χ1v) is 9.55. The molecule has 0 aliphatic carbocycles. The van der Waals surface area contributed by atoms with Crippen molar-refractivity contribution < 1.29 is 36.2 Å². The average molecular weight is 457 g/mol. The van der Waals surface area contributed by atoms with Crippen LogP contribution in [-0.4, -0.2) is 55.7 Å². The molecule has 2 aromatic rings. The molecule has 1 aliphatic rings. The number of carbonyl (C=O) groups is 1. The molecule has 3 rings (SSSR count). The first kappa shape index (κ1) is 23.3. The summed E-state index contributed by atoms with van der Waals surface area (Å²) >= 11 is 0. The van der Waals surface area contributed by atoms with E-state index < -0.39 is 18.4 Å². The summed E-state index contributed by atoms with van der Waals surface area (Å²) in [5.41, 5.74) is -0.255. The maximum atomic E-state index is 12.7. The van der Waals surface area contributed by atoms with Gasteiger partial charge < -0.3 is 19.3 Å². The smallest absolute Gasteiger partial charge is 0.417 e. The fourth-order valence-corrected chi connectivity index (χ4v) is 3.15. The molecular formula is C21H20F5N3O3. The molecule has 0 spiro atoms. The summed E-state index contributed by atoms with van der Waals surface area (Å²) in [6, 6.07) is 6.60. The number of alkyl halides is 5. The maximum Gasteiger partial charge on any atom is 0.417 e. The minimum Gasteiger partial charge on any atom is -0.493 e. The Morgan fingerprint density at radius 1 is 1.09 bits per heavy atom. The van der Waals surface area contributed by atoms with Crippen molar-refractivity contribution in [1.82, 2.24) is 9.88 Å². The molecule has 0 N–H and O–H groups in total. The highest BCUT2D eigenvalue weighted by Gasteiger charge is 2.31. The van der Waals surface area contributed by atoms with Gasteiger partial charge in [0.1, 0.15) is 5.82 Å². The molecule has 0 unspecified atom stereocenters. The highest BCUT2D eigenvalue weighted by Crippen LogP contribution is 2.30. The zero-order valence-electron chi connectivity index (χ0n) is 17.0. The van der Waals surface area contributed by atoms with Gasteiger partial charge in [0.25, 0.3) is 0 Å². The van der Waals surface area contributed by atoms with Gasteiger partial charge in [0, 0.05) is 38.5 Å². The quantitative estimate of drug-likeness (QED) is 0.484. The fraction of sp³-hybridized carbons (Fsp3) is 0.333. The van der Waals surface area contributed by atoms with Gasteiger partial charge in [-0.3, -0.25) is 4.79 Å². The Balaban J connectivity index is 1.57. The zero-order valence-corrected chi connectivity index (χ0v) is 17.0. The lowest BCUT2D eigenvalue weighted by Crippen LogP contribution is -2.48. The molecule has 0 bridgehead atoms. The van der Waals surface area contributed by atoms with Crippen molar-refractivity contribution in [3.05, 3.63) is 53.7 Å². The predicted octanol–water partition coefficient (Wildman–Crippen LogP) is 4.07. The molecule has 1 fully saturated rings. The van der Waals surface area contributed by atoms with E-state index in [0.717, 1.165) is 12.3 Å². The predicted molar refractivity (Wildman–Crippen MR) is 107 cm³/mol. The van der Waals surface area contributed by atoms with E-state index in [2.05, 4.69) is 9.72 Å². The molecule has 1 aliphatic heterocycles. The van der Waals surface area contributed by atoms with Gasteiger partial charge in [-0.05, 0) is 35.9 Å². The van der Waals surface area contributed by atoms with Crippen LogP contribution < -0.4 is 14.4 Å². The van der Waals surface area contributed by atoms with Crippen LogP contribution in [0.4, 0.5) is 27.8 Å². The van der Waals surface area contributed by atoms with Crippen molar-refractivity contribution >= 4 is 17.8 Å².